The Morgan fingerprint density at radius 2 is 1.89 bits per heavy atom. The molecule has 3 N–H and O–H groups in total. The van der Waals surface area contributed by atoms with Crippen molar-refractivity contribution in [3.05, 3.63) is 71.8 Å². The zero-order chi connectivity index (χ0) is 18.9. The second kappa shape index (κ2) is 7.04. The highest BCUT2D eigenvalue weighted by atomic mass is 32.2. The number of pyridine rings is 1. The van der Waals surface area contributed by atoms with Crippen molar-refractivity contribution in [3.8, 4) is 0 Å². The first-order valence-electron chi connectivity index (χ1n) is 8.79. The van der Waals surface area contributed by atoms with Gasteiger partial charge in [-0.2, -0.15) is 0 Å². The molecule has 5 nitrogen and oxygen atoms in total. The number of carbonyl (C=O) groups is 1. The van der Waals surface area contributed by atoms with E-state index in [1.165, 1.54) is 0 Å². The van der Waals surface area contributed by atoms with Crippen LogP contribution in [-0.2, 0) is 5.54 Å². The number of hydrogen-bond acceptors (Lipinski definition) is 5. The van der Waals surface area contributed by atoms with E-state index in [4.69, 9.17) is 5.73 Å². The molecule has 6 heteroatoms. The highest BCUT2D eigenvalue weighted by Crippen LogP contribution is 2.35. The summed E-state index contributed by atoms with van der Waals surface area (Å²) in [6.07, 6.45) is 0.922. The number of aliphatic imine (C=N–C) groups is 1. The van der Waals surface area contributed by atoms with Crippen LogP contribution in [0.3, 0.4) is 0 Å². The van der Waals surface area contributed by atoms with Crippen molar-refractivity contribution >= 4 is 39.6 Å². The maximum absolute atomic E-state index is 12.6. The minimum absolute atomic E-state index is 0.184. The fourth-order valence-electron chi connectivity index (χ4n) is 3.20. The molecule has 1 atom stereocenters. The number of fused-ring (bicyclic) bond motifs is 1. The number of hydrogen-bond donors (Lipinski definition) is 2. The van der Waals surface area contributed by atoms with Crippen molar-refractivity contribution < 1.29 is 4.79 Å². The van der Waals surface area contributed by atoms with Crippen molar-refractivity contribution in [1.29, 1.82) is 0 Å². The summed E-state index contributed by atoms with van der Waals surface area (Å²) in [5.74, 6) is 1.30. The monoisotopic (exact) mass is 376 g/mol. The summed E-state index contributed by atoms with van der Waals surface area (Å²) >= 11 is 1.58. The van der Waals surface area contributed by atoms with Crippen LogP contribution < -0.4 is 11.1 Å². The summed E-state index contributed by atoms with van der Waals surface area (Å²) in [6, 6.07) is 19.1. The number of rotatable bonds is 3. The van der Waals surface area contributed by atoms with Gasteiger partial charge in [0, 0.05) is 16.7 Å². The fraction of sp³-hybridized carbons (Fsp3) is 0.190. The number of nitrogens with zero attached hydrogens (tertiary/aromatic N) is 2. The molecule has 1 amide bonds. The van der Waals surface area contributed by atoms with Gasteiger partial charge in [-0.15, -0.1) is 0 Å². The number of anilines is 1. The Morgan fingerprint density at radius 1 is 1.11 bits per heavy atom. The second-order valence-corrected chi connectivity index (χ2v) is 7.86. The first-order valence-corrected chi connectivity index (χ1v) is 9.78. The summed E-state index contributed by atoms with van der Waals surface area (Å²) < 4.78 is 0. The Morgan fingerprint density at radius 3 is 2.67 bits per heavy atom. The Labute approximate surface area is 162 Å². The number of benzene rings is 2. The Balaban J connectivity index is 1.53. The lowest BCUT2D eigenvalue weighted by atomic mass is 9.89. The van der Waals surface area contributed by atoms with E-state index >= 15 is 0 Å². The molecule has 1 aliphatic heterocycles. The third-order valence-electron chi connectivity index (χ3n) is 4.80. The zero-order valence-electron chi connectivity index (χ0n) is 15.0. The van der Waals surface area contributed by atoms with Crippen LogP contribution in [0.25, 0.3) is 10.9 Å². The van der Waals surface area contributed by atoms with Gasteiger partial charge < -0.3 is 11.1 Å². The first kappa shape index (κ1) is 17.5. The fourth-order valence-corrected chi connectivity index (χ4v) is 4.17. The maximum atomic E-state index is 12.6. The number of aromatic nitrogens is 1. The van der Waals surface area contributed by atoms with E-state index in [1.807, 2.05) is 60.7 Å². The lowest BCUT2D eigenvalue weighted by Gasteiger charge is -2.29. The lowest BCUT2D eigenvalue weighted by molar-refractivity contribution is 0.102. The van der Waals surface area contributed by atoms with Crippen LogP contribution >= 0.6 is 11.8 Å². The molecule has 0 fully saturated rings. The van der Waals surface area contributed by atoms with Crippen LogP contribution in [0, 0.1) is 0 Å². The van der Waals surface area contributed by atoms with Gasteiger partial charge in [0.05, 0.1) is 11.1 Å². The molecule has 136 valence electrons. The van der Waals surface area contributed by atoms with E-state index < -0.39 is 0 Å². The minimum Gasteiger partial charge on any atom is -0.379 e. The van der Waals surface area contributed by atoms with Crippen LogP contribution in [0.1, 0.15) is 29.3 Å². The van der Waals surface area contributed by atoms with Gasteiger partial charge in [-0.25, -0.2) is 4.98 Å². The Kier molecular flexibility index (Phi) is 4.58. The quantitative estimate of drug-likeness (QED) is 0.719. The standard InChI is InChI=1S/C21H20N4OS/c1-21(12-13-27-20(22)25-21)16-9-6-15(7-10-16)19(26)24-18-11-8-14-4-2-3-5-17(14)23-18/h2-11H,12-13H2,1H3,(H2,22,25)(H,23,24,26). The molecule has 2 aromatic carbocycles. The third-order valence-corrected chi connectivity index (χ3v) is 5.60. The van der Waals surface area contributed by atoms with Gasteiger partial charge >= 0.3 is 0 Å². The van der Waals surface area contributed by atoms with E-state index in [9.17, 15) is 4.79 Å². The summed E-state index contributed by atoms with van der Waals surface area (Å²) in [7, 11) is 0. The molecule has 1 aliphatic rings. The number of amidine groups is 1. The van der Waals surface area contributed by atoms with Crippen molar-refractivity contribution in [3.63, 3.8) is 0 Å². The number of nitrogens with one attached hydrogen (secondary N) is 1. The Hall–Kier alpha value is -2.86. The van der Waals surface area contributed by atoms with Crippen molar-refractivity contribution in [2.75, 3.05) is 11.1 Å². The normalized spacial score (nSPS) is 19.5. The molecule has 0 saturated carbocycles. The molecular formula is C21H20N4OS. The predicted octanol–water partition coefficient (Wildman–Crippen LogP) is 4.15. The summed E-state index contributed by atoms with van der Waals surface area (Å²) in [5, 5.41) is 4.52. The number of nitrogens with two attached hydrogens (primary N) is 1. The number of carbonyl (C=O) groups excluding carboxylic acids is 1. The second-order valence-electron chi connectivity index (χ2n) is 6.74. The van der Waals surface area contributed by atoms with Gasteiger partial charge in [-0.05, 0) is 49.2 Å². The average Bonchev–Trinajstić information content (AvgIpc) is 2.68. The molecule has 1 unspecified atom stereocenters. The van der Waals surface area contributed by atoms with E-state index in [-0.39, 0.29) is 11.4 Å². The lowest BCUT2D eigenvalue weighted by Crippen LogP contribution is -2.28. The SMILES string of the molecule is CC1(c2ccc(C(=O)Nc3ccc4ccccc4n3)cc2)CCSC(N)=N1. The highest BCUT2D eigenvalue weighted by Gasteiger charge is 2.29. The van der Waals surface area contributed by atoms with Crippen LogP contribution in [0.15, 0.2) is 65.7 Å². The van der Waals surface area contributed by atoms with Crippen LogP contribution in [-0.4, -0.2) is 21.8 Å². The van der Waals surface area contributed by atoms with Gasteiger partial charge in [-0.1, -0.05) is 42.1 Å². The van der Waals surface area contributed by atoms with Gasteiger partial charge in [0.1, 0.15) is 5.82 Å². The predicted molar refractivity (Wildman–Crippen MR) is 112 cm³/mol. The van der Waals surface area contributed by atoms with E-state index in [2.05, 4.69) is 22.2 Å². The molecule has 0 aliphatic carbocycles. The summed E-state index contributed by atoms with van der Waals surface area (Å²) in [4.78, 5) is 21.7. The van der Waals surface area contributed by atoms with E-state index in [1.54, 1.807) is 11.8 Å². The summed E-state index contributed by atoms with van der Waals surface area (Å²) in [6.45, 7) is 2.08. The molecule has 27 heavy (non-hydrogen) atoms. The van der Waals surface area contributed by atoms with Crippen LogP contribution in [0.4, 0.5) is 5.82 Å². The molecule has 1 aromatic heterocycles. The number of para-hydroxylation sites is 1. The van der Waals surface area contributed by atoms with Gasteiger partial charge in [0.15, 0.2) is 5.17 Å². The zero-order valence-corrected chi connectivity index (χ0v) is 15.8. The largest absolute Gasteiger partial charge is 0.379 e. The molecule has 2 heterocycles. The van der Waals surface area contributed by atoms with Gasteiger partial charge in [-0.3, -0.25) is 9.79 Å². The van der Waals surface area contributed by atoms with Crippen molar-refractivity contribution in [2.24, 2.45) is 10.7 Å². The first-order chi connectivity index (χ1) is 13.0. The van der Waals surface area contributed by atoms with Crippen LogP contribution in [0.5, 0.6) is 0 Å². The van der Waals surface area contributed by atoms with E-state index in [0.29, 0.717) is 16.5 Å². The molecule has 0 spiro atoms. The molecule has 0 radical (unpaired) electrons. The van der Waals surface area contributed by atoms with Crippen molar-refractivity contribution in [1.82, 2.24) is 4.98 Å². The van der Waals surface area contributed by atoms with E-state index in [0.717, 1.165) is 28.6 Å². The molecule has 3 aromatic rings. The maximum Gasteiger partial charge on any atom is 0.256 e. The van der Waals surface area contributed by atoms with Gasteiger partial charge in [0.25, 0.3) is 5.91 Å². The Bertz CT molecular complexity index is 1030. The van der Waals surface area contributed by atoms with Gasteiger partial charge in [0.2, 0.25) is 0 Å². The summed E-state index contributed by atoms with van der Waals surface area (Å²) in [5.41, 5.74) is 8.06. The molecule has 4 rings (SSSR count). The smallest absolute Gasteiger partial charge is 0.256 e. The molecule has 0 saturated heterocycles. The molecular weight excluding hydrogens is 356 g/mol. The van der Waals surface area contributed by atoms with Crippen LogP contribution in [0.2, 0.25) is 0 Å². The minimum atomic E-state index is -0.329. The number of amides is 1. The number of thioether (sulfide) groups is 1. The highest BCUT2D eigenvalue weighted by molar-refractivity contribution is 8.13. The van der Waals surface area contributed by atoms with Crippen molar-refractivity contribution in [2.45, 2.75) is 18.9 Å². The molecule has 0 bridgehead atoms. The topological polar surface area (TPSA) is 80.4 Å². The third kappa shape index (κ3) is 3.66. The average molecular weight is 376 g/mol.